The van der Waals surface area contributed by atoms with Crippen LogP contribution in [0, 0.1) is 5.92 Å². The average molecular weight is 342 g/mol. The molecule has 0 aromatic heterocycles. The van der Waals surface area contributed by atoms with Crippen molar-refractivity contribution in [2.45, 2.75) is 25.0 Å². The molecule has 3 rings (SSSR count). The van der Waals surface area contributed by atoms with Gasteiger partial charge in [0, 0.05) is 12.3 Å². The van der Waals surface area contributed by atoms with Gasteiger partial charge in [-0.1, -0.05) is 24.3 Å². The van der Waals surface area contributed by atoms with Crippen LogP contribution in [-0.2, 0) is 22.4 Å². The maximum absolute atomic E-state index is 11.9. The van der Waals surface area contributed by atoms with Crippen molar-refractivity contribution < 1.29 is 24.1 Å². The molecule has 1 unspecified atom stereocenters. The molecule has 1 aliphatic heterocycles. The second-order valence-electron chi connectivity index (χ2n) is 6.20. The zero-order chi connectivity index (χ0) is 17.8. The Morgan fingerprint density at radius 2 is 1.52 bits per heavy atom. The molecule has 0 spiro atoms. The van der Waals surface area contributed by atoms with E-state index in [1.807, 2.05) is 48.5 Å². The third-order valence-electron chi connectivity index (χ3n) is 4.57. The van der Waals surface area contributed by atoms with E-state index in [1.165, 1.54) is 0 Å². The molecule has 0 amide bonds. The largest absolute Gasteiger partial charge is 0.497 e. The van der Waals surface area contributed by atoms with Crippen LogP contribution >= 0.6 is 0 Å². The van der Waals surface area contributed by atoms with Crippen LogP contribution in [0.4, 0.5) is 0 Å². The van der Waals surface area contributed by atoms with Crippen LogP contribution in [0.25, 0.3) is 0 Å². The van der Waals surface area contributed by atoms with Gasteiger partial charge in [0.05, 0.1) is 14.2 Å². The molecular formula is C20H22O5. The predicted octanol–water partition coefficient (Wildman–Crippen LogP) is 2.39. The van der Waals surface area contributed by atoms with Gasteiger partial charge < -0.3 is 19.3 Å². The molecule has 3 atom stereocenters. The minimum Gasteiger partial charge on any atom is -0.497 e. The molecule has 25 heavy (non-hydrogen) atoms. The number of benzene rings is 2. The molecular weight excluding hydrogens is 320 g/mol. The fraction of sp³-hybridized carbons (Fsp3) is 0.350. The third kappa shape index (κ3) is 3.94. The molecule has 0 aliphatic carbocycles. The summed E-state index contributed by atoms with van der Waals surface area (Å²) in [5, 5.41) is 10.3. The normalized spacial score (nSPS) is 22.5. The van der Waals surface area contributed by atoms with Gasteiger partial charge in [0.1, 0.15) is 17.6 Å². The van der Waals surface area contributed by atoms with Crippen LogP contribution in [0.3, 0.4) is 0 Å². The van der Waals surface area contributed by atoms with Gasteiger partial charge in [-0.05, 0) is 41.8 Å². The first kappa shape index (κ1) is 17.3. The van der Waals surface area contributed by atoms with E-state index in [9.17, 15) is 9.90 Å². The lowest BCUT2D eigenvalue weighted by atomic mass is 9.88. The summed E-state index contributed by atoms with van der Waals surface area (Å²) < 4.78 is 15.9. The Balaban J connectivity index is 1.78. The molecule has 5 nitrogen and oxygen atoms in total. The zero-order valence-electron chi connectivity index (χ0n) is 14.3. The van der Waals surface area contributed by atoms with Crippen molar-refractivity contribution in [2.75, 3.05) is 14.2 Å². The van der Waals surface area contributed by atoms with E-state index in [2.05, 4.69) is 0 Å². The molecule has 1 aliphatic rings. The minimum atomic E-state index is -1.11. The summed E-state index contributed by atoms with van der Waals surface area (Å²) in [6.45, 7) is 0. The highest BCUT2D eigenvalue weighted by atomic mass is 16.6. The van der Waals surface area contributed by atoms with Crippen LogP contribution in [0.1, 0.15) is 11.1 Å². The van der Waals surface area contributed by atoms with Gasteiger partial charge in [0.15, 0.2) is 6.10 Å². The zero-order valence-corrected chi connectivity index (χ0v) is 14.3. The average Bonchev–Trinajstić information content (AvgIpc) is 2.89. The quantitative estimate of drug-likeness (QED) is 0.817. The number of methoxy groups -OCH3 is 2. The van der Waals surface area contributed by atoms with Crippen molar-refractivity contribution in [1.82, 2.24) is 0 Å². The number of aliphatic hydroxyl groups excluding tert-OH is 1. The van der Waals surface area contributed by atoms with E-state index in [0.717, 1.165) is 22.6 Å². The summed E-state index contributed by atoms with van der Waals surface area (Å²) in [4.78, 5) is 11.9. The number of aliphatic hydroxyl groups is 1. The number of cyclic esters (lactones) is 1. The van der Waals surface area contributed by atoms with Crippen LogP contribution < -0.4 is 9.47 Å². The van der Waals surface area contributed by atoms with Gasteiger partial charge in [0.2, 0.25) is 0 Å². The lowest BCUT2D eigenvalue weighted by molar-refractivity contribution is -0.147. The highest BCUT2D eigenvalue weighted by molar-refractivity contribution is 5.77. The Hall–Kier alpha value is -2.53. The monoisotopic (exact) mass is 342 g/mol. The topological polar surface area (TPSA) is 65.0 Å². The van der Waals surface area contributed by atoms with Gasteiger partial charge in [-0.3, -0.25) is 0 Å². The van der Waals surface area contributed by atoms with E-state index in [4.69, 9.17) is 14.2 Å². The molecule has 2 aromatic rings. The molecule has 0 radical (unpaired) electrons. The molecule has 0 bridgehead atoms. The second-order valence-corrected chi connectivity index (χ2v) is 6.20. The first-order chi connectivity index (χ1) is 12.1. The summed E-state index contributed by atoms with van der Waals surface area (Å²) in [5.41, 5.74) is 2.00. The molecule has 132 valence electrons. The molecule has 5 heteroatoms. The maximum Gasteiger partial charge on any atom is 0.335 e. The maximum atomic E-state index is 11.9. The summed E-state index contributed by atoms with van der Waals surface area (Å²) in [6.07, 6.45) is -0.407. The number of rotatable bonds is 6. The minimum absolute atomic E-state index is 0.300. The van der Waals surface area contributed by atoms with Crippen molar-refractivity contribution in [2.24, 2.45) is 5.92 Å². The molecule has 1 fully saturated rings. The number of hydrogen-bond donors (Lipinski definition) is 1. The first-order valence-electron chi connectivity index (χ1n) is 8.25. The summed E-state index contributed by atoms with van der Waals surface area (Å²) in [5.74, 6) is 0.653. The summed E-state index contributed by atoms with van der Waals surface area (Å²) in [6, 6.07) is 15.3. The number of ether oxygens (including phenoxy) is 3. The van der Waals surface area contributed by atoms with Crippen LogP contribution in [-0.4, -0.2) is 37.5 Å². The Labute approximate surface area is 147 Å². The predicted molar refractivity (Wildman–Crippen MR) is 92.8 cm³/mol. The van der Waals surface area contributed by atoms with Crippen LogP contribution in [0.2, 0.25) is 0 Å². The smallest absolute Gasteiger partial charge is 0.335 e. The van der Waals surface area contributed by atoms with Gasteiger partial charge >= 0.3 is 5.97 Å². The fourth-order valence-electron chi connectivity index (χ4n) is 3.22. The summed E-state index contributed by atoms with van der Waals surface area (Å²) in [7, 11) is 3.23. The van der Waals surface area contributed by atoms with Crippen LogP contribution in [0.5, 0.6) is 11.5 Å². The number of carbonyl (C=O) groups excluding carboxylic acids is 1. The standard InChI is InChI=1S/C20H22O5/c1-23-15-7-3-5-13(9-15)11-17-18(25-20(22)19(17)21)12-14-6-4-8-16(10-14)24-2/h3-10,17-19,21H,11-12H2,1-2H3/t17?,18-,19+/m1/s1. The molecule has 1 saturated heterocycles. The lowest BCUT2D eigenvalue weighted by Crippen LogP contribution is -2.28. The van der Waals surface area contributed by atoms with E-state index < -0.39 is 12.1 Å². The van der Waals surface area contributed by atoms with Gasteiger partial charge in [-0.2, -0.15) is 0 Å². The first-order valence-corrected chi connectivity index (χ1v) is 8.25. The molecule has 1 heterocycles. The highest BCUT2D eigenvalue weighted by Gasteiger charge is 2.43. The second kappa shape index (κ2) is 7.57. The van der Waals surface area contributed by atoms with E-state index >= 15 is 0 Å². The van der Waals surface area contributed by atoms with E-state index in [0.29, 0.717) is 12.8 Å². The highest BCUT2D eigenvalue weighted by Crippen LogP contribution is 2.30. The Morgan fingerprint density at radius 3 is 2.08 bits per heavy atom. The van der Waals surface area contributed by atoms with Gasteiger partial charge in [0.25, 0.3) is 0 Å². The van der Waals surface area contributed by atoms with Crippen molar-refractivity contribution in [3.63, 3.8) is 0 Å². The number of carbonyl (C=O) groups is 1. The van der Waals surface area contributed by atoms with Gasteiger partial charge in [-0.15, -0.1) is 0 Å². The Kier molecular flexibility index (Phi) is 5.24. The Morgan fingerprint density at radius 1 is 0.960 bits per heavy atom. The van der Waals surface area contributed by atoms with Crippen molar-refractivity contribution in [3.05, 3.63) is 59.7 Å². The van der Waals surface area contributed by atoms with Crippen LogP contribution in [0.15, 0.2) is 48.5 Å². The molecule has 1 N–H and O–H groups in total. The number of hydrogen-bond acceptors (Lipinski definition) is 5. The third-order valence-corrected chi connectivity index (χ3v) is 4.57. The Bertz CT molecular complexity index is 742. The lowest BCUT2D eigenvalue weighted by Gasteiger charge is -2.19. The van der Waals surface area contributed by atoms with Crippen molar-refractivity contribution in [3.8, 4) is 11.5 Å². The van der Waals surface area contributed by atoms with Crippen molar-refractivity contribution in [1.29, 1.82) is 0 Å². The fourth-order valence-corrected chi connectivity index (χ4v) is 3.22. The molecule has 2 aromatic carbocycles. The van der Waals surface area contributed by atoms with Crippen molar-refractivity contribution >= 4 is 5.97 Å². The molecule has 0 saturated carbocycles. The number of esters is 1. The van der Waals surface area contributed by atoms with E-state index in [1.54, 1.807) is 14.2 Å². The summed E-state index contributed by atoms with van der Waals surface area (Å²) >= 11 is 0. The van der Waals surface area contributed by atoms with Gasteiger partial charge in [-0.25, -0.2) is 4.79 Å². The van der Waals surface area contributed by atoms with E-state index in [-0.39, 0.29) is 12.0 Å². The SMILES string of the molecule is COc1cccc(CC2[C@H](O)C(=O)O[C@@H]2Cc2cccc(OC)c2)c1.